The van der Waals surface area contributed by atoms with Gasteiger partial charge in [0, 0.05) is 31.0 Å². The molecule has 0 saturated heterocycles. The second kappa shape index (κ2) is 7.47. The van der Waals surface area contributed by atoms with Crippen molar-refractivity contribution < 1.29 is 9.53 Å². The van der Waals surface area contributed by atoms with Gasteiger partial charge in [0.2, 0.25) is 11.8 Å². The Kier molecular flexibility index (Phi) is 4.53. The van der Waals surface area contributed by atoms with Crippen molar-refractivity contribution in [2.24, 2.45) is 5.41 Å². The van der Waals surface area contributed by atoms with Crippen LogP contribution in [-0.4, -0.2) is 50.3 Å². The Morgan fingerprint density at radius 1 is 1.15 bits per heavy atom. The molecule has 2 N–H and O–H groups in total. The highest BCUT2D eigenvalue weighted by atomic mass is 16.5. The number of anilines is 1. The Balaban J connectivity index is 1.35. The third-order valence-corrected chi connectivity index (χ3v) is 7.31. The van der Waals surface area contributed by atoms with E-state index in [1.807, 2.05) is 35.1 Å². The number of methoxy groups -OCH3 is 1. The molecular formula is C24H27N7O2. The van der Waals surface area contributed by atoms with Crippen LogP contribution >= 0.6 is 0 Å². The molecule has 2 fully saturated rings. The average molecular weight is 446 g/mol. The molecule has 0 bridgehead atoms. The van der Waals surface area contributed by atoms with E-state index in [0.29, 0.717) is 28.8 Å². The topological polar surface area (TPSA) is 97.9 Å². The number of hydrogen-bond acceptors (Lipinski definition) is 6. The van der Waals surface area contributed by atoms with Gasteiger partial charge in [-0.25, -0.2) is 9.03 Å². The number of fused-ring (bicyclic) bond motifs is 2. The van der Waals surface area contributed by atoms with Gasteiger partial charge in [0.25, 0.3) is 5.91 Å². The first kappa shape index (κ1) is 20.0. The van der Waals surface area contributed by atoms with Crippen LogP contribution in [0.1, 0.15) is 48.9 Å². The fraction of sp³-hybridized carbons (Fsp3) is 0.417. The number of carbonyl (C=O) groups is 1. The molecule has 4 heterocycles. The molecule has 1 spiro atoms. The van der Waals surface area contributed by atoms with Crippen molar-refractivity contribution in [2.45, 2.75) is 44.6 Å². The van der Waals surface area contributed by atoms with E-state index < -0.39 is 0 Å². The normalized spacial score (nSPS) is 17.5. The Morgan fingerprint density at radius 3 is 2.67 bits per heavy atom. The van der Waals surface area contributed by atoms with E-state index >= 15 is 0 Å². The molecule has 0 aliphatic heterocycles. The smallest absolute Gasteiger partial charge is 0.254 e. The van der Waals surface area contributed by atoms with Gasteiger partial charge in [-0.2, -0.15) is 10.1 Å². The van der Waals surface area contributed by atoms with Gasteiger partial charge in [0.1, 0.15) is 5.52 Å². The maximum absolute atomic E-state index is 12.2. The average Bonchev–Trinajstić information content (AvgIpc) is 3.26. The molecule has 2 saturated carbocycles. The summed E-state index contributed by atoms with van der Waals surface area (Å²) in [5.74, 6) is 0.934. The Morgan fingerprint density at radius 2 is 1.94 bits per heavy atom. The molecule has 9 nitrogen and oxygen atoms in total. The molecule has 4 aromatic heterocycles. The van der Waals surface area contributed by atoms with E-state index in [4.69, 9.17) is 9.84 Å². The minimum Gasteiger partial charge on any atom is -0.479 e. The summed E-state index contributed by atoms with van der Waals surface area (Å²) in [4.78, 5) is 16.9. The van der Waals surface area contributed by atoms with Crippen molar-refractivity contribution in [3.05, 3.63) is 42.4 Å². The third-order valence-electron chi connectivity index (χ3n) is 7.31. The zero-order valence-electron chi connectivity index (χ0n) is 18.8. The quantitative estimate of drug-likeness (QED) is 0.488. The standard InChI is InChI=1S/C24H27N7O2/c1-25-21(32)18-14-26-30-11-5-15(13-19(18)30)17-6-12-31-20(17)22(33-2)28-23(29-31)27-16-3-7-24(8-4-16)9-10-24/h5-6,11-14,16H,3-4,7-10H2,1-2H3,(H,25,32)(H,27,29). The first-order chi connectivity index (χ1) is 16.1. The van der Waals surface area contributed by atoms with Crippen LogP contribution < -0.4 is 15.4 Å². The van der Waals surface area contributed by atoms with Gasteiger partial charge < -0.3 is 15.4 Å². The number of nitrogens with one attached hydrogen (secondary N) is 2. The molecule has 6 rings (SSSR count). The van der Waals surface area contributed by atoms with Crippen molar-refractivity contribution in [2.75, 3.05) is 19.5 Å². The summed E-state index contributed by atoms with van der Waals surface area (Å²) in [5.41, 5.74) is 4.56. The SMILES string of the molecule is CNC(=O)c1cnn2ccc(-c3ccn4nc(NC5CCC6(CC5)CC6)nc(OC)c34)cc12. The van der Waals surface area contributed by atoms with Crippen molar-refractivity contribution in [3.63, 3.8) is 0 Å². The summed E-state index contributed by atoms with van der Waals surface area (Å²) in [6.07, 6.45) is 13.1. The molecule has 0 aromatic carbocycles. The predicted molar refractivity (Wildman–Crippen MR) is 125 cm³/mol. The van der Waals surface area contributed by atoms with Gasteiger partial charge in [-0.05, 0) is 67.7 Å². The van der Waals surface area contributed by atoms with Crippen LogP contribution in [0.25, 0.3) is 22.2 Å². The Hall–Kier alpha value is -3.62. The van der Waals surface area contributed by atoms with Gasteiger partial charge in [-0.3, -0.25) is 4.79 Å². The summed E-state index contributed by atoms with van der Waals surface area (Å²) in [7, 11) is 3.24. The third kappa shape index (κ3) is 3.39. The number of ether oxygens (including phenoxy) is 1. The zero-order chi connectivity index (χ0) is 22.6. The van der Waals surface area contributed by atoms with Crippen molar-refractivity contribution in [1.29, 1.82) is 0 Å². The van der Waals surface area contributed by atoms with Crippen LogP contribution in [0.4, 0.5) is 5.95 Å². The molecule has 33 heavy (non-hydrogen) atoms. The van der Waals surface area contributed by atoms with E-state index in [9.17, 15) is 4.79 Å². The number of nitrogens with zero attached hydrogens (tertiary/aromatic N) is 5. The highest BCUT2D eigenvalue weighted by Gasteiger charge is 2.44. The fourth-order valence-corrected chi connectivity index (χ4v) is 5.12. The second-order valence-electron chi connectivity index (χ2n) is 9.27. The molecule has 170 valence electrons. The van der Waals surface area contributed by atoms with Crippen LogP contribution in [0.15, 0.2) is 36.8 Å². The largest absolute Gasteiger partial charge is 0.479 e. The number of carbonyl (C=O) groups excluding carboxylic acids is 1. The summed E-state index contributed by atoms with van der Waals surface area (Å²) in [6, 6.07) is 6.31. The van der Waals surface area contributed by atoms with Crippen LogP contribution in [0.5, 0.6) is 5.88 Å². The van der Waals surface area contributed by atoms with E-state index in [0.717, 1.165) is 22.2 Å². The van der Waals surface area contributed by atoms with Gasteiger partial charge in [-0.15, -0.1) is 5.10 Å². The first-order valence-corrected chi connectivity index (χ1v) is 11.5. The van der Waals surface area contributed by atoms with Crippen LogP contribution in [0.2, 0.25) is 0 Å². The van der Waals surface area contributed by atoms with Gasteiger partial charge in [-0.1, -0.05) is 0 Å². The Bertz CT molecular complexity index is 1360. The summed E-state index contributed by atoms with van der Waals surface area (Å²) in [6.45, 7) is 0. The molecule has 2 aliphatic rings. The lowest BCUT2D eigenvalue weighted by atomic mass is 9.83. The highest BCUT2D eigenvalue weighted by molar-refractivity contribution is 6.01. The van der Waals surface area contributed by atoms with Crippen molar-refractivity contribution in [1.82, 2.24) is 29.5 Å². The minimum atomic E-state index is -0.171. The molecule has 4 aromatic rings. The number of rotatable bonds is 5. The molecule has 2 aliphatic carbocycles. The van der Waals surface area contributed by atoms with E-state index in [2.05, 4.69) is 20.7 Å². The molecule has 0 atom stereocenters. The van der Waals surface area contributed by atoms with Crippen LogP contribution in [0, 0.1) is 5.41 Å². The molecular weight excluding hydrogens is 418 g/mol. The highest BCUT2D eigenvalue weighted by Crippen LogP contribution is 2.56. The van der Waals surface area contributed by atoms with Gasteiger partial charge in [0.15, 0.2) is 0 Å². The van der Waals surface area contributed by atoms with Crippen LogP contribution in [0.3, 0.4) is 0 Å². The van der Waals surface area contributed by atoms with E-state index in [1.54, 1.807) is 24.9 Å². The summed E-state index contributed by atoms with van der Waals surface area (Å²) < 4.78 is 9.19. The van der Waals surface area contributed by atoms with E-state index in [1.165, 1.54) is 38.5 Å². The minimum absolute atomic E-state index is 0.171. The Labute approximate surface area is 191 Å². The maximum Gasteiger partial charge on any atom is 0.254 e. The first-order valence-electron chi connectivity index (χ1n) is 11.5. The molecule has 1 amide bonds. The number of hydrogen-bond donors (Lipinski definition) is 2. The summed E-state index contributed by atoms with van der Waals surface area (Å²) >= 11 is 0. The maximum atomic E-state index is 12.2. The number of aromatic nitrogens is 5. The molecule has 0 unspecified atom stereocenters. The lowest BCUT2D eigenvalue weighted by Crippen LogP contribution is -2.28. The fourth-order valence-electron chi connectivity index (χ4n) is 5.12. The lowest BCUT2D eigenvalue weighted by Gasteiger charge is -2.29. The van der Waals surface area contributed by atoms with Crippen LogP contribution in [-0.2, 0) is 0 Å². The van der Waals surface area contributed by atoms with Gasteiger partial charge >= 0.3 is 0 Å². The predicted octanol–water partition coefficient (Wildman–Crippen LogP) is 3.55. The number of pyridine rings is 1. The molecule has 9 heteroatoms. The van der Waals surface area contributed by atoms with Crippen molar-refractivity contribution >= 4 is 22.9 Å². The monoisotopic (exact) mass is 445 g/mol. The zero-order valence-corrected chi connectivity index (χ0v) is 18.8. The van der Waals surface area contributed by atoms with Crippen molar-refractivity contribution in [3.8, 4) is 17.0 Å². The molecule has 0 radical (unpaired) electrons. The van der Waals surface area contributed by atoms with Gasteiger partial charge in [0.05, 0.1) is 24.4 Å². The number of amides is 1. The van der Waals surface area contributed by atoms with E-state index in [-0.39, 0.29) is 5.91 Å². The second-order valence-corrected chi connectivity index (χ2v) is 9.27. The lowest BCUT2D eigenvalue weighted by molar-refractivity contribution is 0.0964. The summed E-state index contributed by atoms with van der Waals surface area (Å²) in [5, 5.41) is 15.2.